The van der Waals surface area contributed by atoms with Crippen LogP contribution >= 0.6 is 0 Å². The lowest BCUT2D eigenvalue weighted by Gasteiger charge is -2.46. The summed E-state index contributed by atoms with van der Waals surface area (Å²) < 4.78 is 0. The van der Waals surface area contributed by atoms with Gasteiger partial charge >= 0.3 is 0 Å². The van der Waals surface area contributed by atoms with Crippen LogP contribution in [0.25, 0.3) is 0 Å². The summed E-state index contributed by atoms with van der Waals surface area (Å²) in [6, 6.07) is 0.310. The molecule has 1 aliphatic rings. The minimum atomic E-state index is 0.130. The molecule has 0 saturated heterocycles. The van der Waals surface area contributed by atoms with Gasteiger partial charge in [0, 0.05) is 11.6 Å². The molecule has 0 spiro atoms. The minimum Gasteiger partial charge on any atom is -0.326 e. The lowest BCUT2D eigenvalue weighted by molar-refractivity contribution is 0.0662. The van der Waals surface area contributed by atoms with E-state index in [1.54, 1.807) is 0 Å². The van der Waals surface area contributed by atoms with Gasteiger partial charge in [-0.15, -0.1) is 0 Å². The highest BCUT2D eigenvalue weighted by atomic mass is 15.2. The van der Waals surface area contributed by atoms with Crippen molar-refractivity contribution in [2.24, 2.45) is 17.6 Å². The van der Waals surface area contributed by atoms with Gasteiger partial charge in [-0.05, 0) is 51.6 Å². The van der Waals surface area contributed by atoms with E-state index in [0.29, 0.717) is 12.0 Å². The topological polar surface area (TPSA) is 29.3 Å². The predicted molar refractivity (Wildman–Crippen MR) is 76.1 cm³/mol. The number of nitrogens with zero attached hydrogens (tertiary/aromatic N) is 1. The first kappa shape index (κ1) is 15.0. The van der Waals surface area contributed by atoms with Crippen molar-refractivity contribution in [1.82, 2.24) is 4.90 Å². The summed E-state index contributed by atoms with van der Waals surface area (Å²) in [5.41, 5.74) is 6.73. The molecule has 0 heterocycles. The lowest BCUT2D eigenvalue weighted by Crippen LogP contribution is -2.59. The van der Waals surface area contributed by atoms with Crippen molar-refractivity contribution in [3.05, 3.63) is 0 Å². The maximum absolute atomic E-state index is 6.60. The Morgan fingerprint density at radius 2 is 1.82 bits per heavy atom. The summed E-state index contributed by atoms with van der Waals surface area (Å²) in [7, 11) is 0. The predicted octanol–water partition coefficient (Wildman–Crippen LogP) is 3.26. The molecule has 0 aromatic heterocycles. The van der Waals surface area contributed by atoms with Gasteiger partial charge in [0.2, 0.25) is 0 Å². The molecule has 1 aliphatic carbocycles. The highest BCUT2D eigenvalue weighted by Gasteiger charge is 2.37. The molecule has 0 aliphatic heterocycles. The van der Waals surface area contributed by atoms with Gasteiger partial charge in [0.05, 0.1) is 0 Å². The van der Waals surface area contributed by atoms with Crippen LogP contribution in [-0.2, 0) is 0 Å². The van der Waals surface area contributed by atoms with Crippen LogP contribution in [0.5, 0.6) is 0 Å². The number of rotatable bonds is 5. The summed E-state index contributed by atoms with van der Waals surface area (Å²) >= 11 is 0. The van der Waals surface area contributed by atoms with E-state index in [4.69, 9.17) is 5.73 Å². The standard InChI is InChI=1S/C15H32N2/c1-6-17(7-2)15(4,5)14(16)13-10-8-9-12(3)11-13/h12-14H,6-11,16H2,1-5H3. The number of nitrogens with two attached hydrogens (primary N) is 1. The fraction of sp³-hybridized carbons (Fsp3) is 1.00. The quantitative estimate of drug-likeness (QED) is 0.799. The Bertz CT molecular complexity index is 221. The van der Waals surface area contributed by atoms with Gasteiger partial charge in [-0.3, -0.25) is 4.90 Å². The van der Waals surface area contributed by atoms with E-state index >= 15 is 0 Å². The smallest absolute Gasteiger partial charge is 0.0306 e. The largest absolute Gasteiger partial charge is 0.326 e. The van der Waals surface area contributed by atoms with E-state index in [-0.39, 0.29) is 5.54 Å². The van der Waals surface area contributed by atoms with Crippen molar-refractivity contribution in [3.8, 4) is 0 Å². The number of hydrogen-bond donors (Lipinski definition) is 1. The summed E-state index contributed by atoms with van der Waals surface area (Å²) in [5, 5.41) is 0. The van der Waals surface area contributed by atoms with Crippen LogP contribution < -0.4 is 5.73 Å². The fourth-order valence-corrected chi connectivity index (χ4v) is 3.63. The Kier molecular flexibility index (Phi) is 5.46. The molecule has 17 heavy (non-hydrogen) atoms. The van der Waals surface area contributed by atoms with Crippen molar-refractivity contribution < 1.29 is 0 Å². The van der Waals surface area contributed by atoms with E-state index in [0.717, 1.165) is 19.0 Å². The molecule has 3 atom stereocenters. The van der Waals surface area contributed by atoms with Crippen LogP contribution in [0.4, 0.5) is 0 Å². The van der Waals surface area contributed by atoms with E-state index in [1.807, 2.05) is 0 Å². The maximum atomic E-state index is 6.60. The monoisotopic (exact) mass is 240 g/mol. The van der Waals surface area contributed by atoms with Gasteiger partial charge in [0.1, 0.15) is 0 Å². The Hall–Kier alpha value is -0.0800. The van der Waals surface area contributed by atoms with Gasteiger partial charge in [0.25, 0.3) is 0 Å². The zero-order chi connectivity index (χ0) is 13.1. The molecule has 0 aromatic rings. The third-order valence-electron chi connectivity index (χ3n) is 4.88. The van der Waals surface area contributed by atoms with Crippen molar-refractivity contribution in [1.29, 1.82) is 0 Å². The summed E-state index contributed by atoms with van der Waals surface area (Å²) in [5.74, 6) is 1.58. The molecular weight excluding hydrogens is 208 g/mol. The van der Waals surface area contributed by atoms with E-state index in [2.05, 4.69) is 39.5 Å². The highest BCUT2D eigenvalue weighted by molar-refractivity contribution is 4.96. The Balaban J connectivity index is 2.69. The van der Waals surface area contributed by atoms with Gasteiger partial charge in [0.15, 0.2) is 0 Å². The first-order chi connectivity index (χ1) is 7.93. The molecule has 1 rings (SSSR count). The molecule has 0 amide bonds. The fourth-order valence-electron chi connectivity index (χ4n) is 3.63. The number of hydrogen-bond acceptors (Lipinski definition) is 2. The second-order valence-electron chi connectivity index (χ2n) is 6.38. The van der Waals surface area contributed by atoms with Crippen LogP contribution in [0.2, 0.25) is 0 Å². The number of likely N-dealkylation sites (N-methyl/N-ethyl adjacent to an activating group) is 1. The molecule has 0 radical (unpaired) electrons. The van der Waals surface area contributed by atoms with Crippen molar-refractivity contribution in [3.63, 3.8) is 0 Å². The molecule has 0 aromatic carbocycles. The molecule has 1 fully saturated rings. The maximum Gasteiger partial charge on any atom is 0.0306 e. The average Bonchev–Trinajstić information content (AvgIpc) is 2.29. The summed E-state index contributed by atoms with van der Waals surface area (Å²) in [4.78, 5) is 2.51. The lowest BCUT2D eigenvalue weighted by atomic mass is 9.73. The Morgan fingerprint density at radius 3 is 2.29 bits per heavy atom. The zero-order valence-electron chi connectivity index (χ0n) is 12.5. The first-order valence-corrected chi connectivity index (χ1v) is 7.44. The molecule has 2 heteroatoms. The van der Waals surface area contributed by atoms with Crippen LogP contribution in [0.15, 0.2) is 0 Å². The summed E-state index contributed by atoms with van der Waals surface area (Å²) in [6.07, 6.45) is 5.42. The van der Waals surface area contributed by atoms with Gasteiger partial charge in [-0.2, -0.15) is 0 Å². The molecule has 2 nitrogen and oxygen atoms in total. The van der Waals surface area contributed by atoms with Gasteiger partial charge in [-0.1, -0.05) is 33.6 Å². The molecule has 102 valence electrons. The SMILES string of the molecule is CCN(CC)C(C)(C)C(N)C1CCCC(C)C1. The minimum absolute atomic E-state index is 0.130. The summed E-state index contributed by atoms with van der Waals surface area (Å²) in [6.45, 7) is 13.7. The van der Waals surface area contributed by atoms with E-state index in [1.165, 1.54) is 25.7 Å². The van der Waals surface area contributed by atoms with Gasteiger partial charge < -0.3 is 5.73 Å². The van der Waals surface area contributed by atoms with Crippen molar-refractivity contribution in [2.45, 2.75) is 71.9 Å². The van der Waals surface area contributed by atoms with Crippen LogP contribution in [0.1, 0.15) is 60.3 Å². The van der Waals surface area contributed by atoms with Crippen molar-refractivity contribution >= 4 is 0 Å². The molecule has 2 N–H and O–H groups in total. The van der Waals surface area contributed by atoms with Crippen molar-refractivity contribution in [2.75, 3.05) is 13.1 Å². The van der Waals surface area contributed by atoms with E-state index < -0.39 is 0 Å². The highest BCUT2D eigenvalue weighted by Crippen LogP contribution is 2.35. The van der Waals surface area contributed by atoms with E-state index in [9.17, 15) is 0 Å². The molecular formula is C15H32N2. The van der Waals surface area contributed by atoms with Crippen LogP contribution in [0, 0.1) is 11.8 Å². The molecule has 1 saturated carbocycles. The third-order valence-corrected chi connectivity index (χ3v) is 4.88. The Labute approximate surface area is 108 Å². The molecule has 3 unspecified atom stereocenters. The van der Waals surface area contributed by atoms with Gasteiger partial charge in [-0.25, -0.2) is 0 Å². The zero-order valence-corrected chi connectivity index (χ0v) is 12.5. The first-order valence-electron chi connectivity index (χ1n) is 7.44. The Morgan fingerprint density at radius 1 is 1.24 bits per heavy atom. The second kappa shape index (κ2) is 6.19. The molecule has 0 bridgehead atoms. The normalized spacial score (nSPS) is 28.4. The van der Waals surface area contributed by atoms with Crippen LogP contribution in [-0.4, -0.2) is 29.6 Å². The van der Waals surface area contributed by atoms with Crippen LogP contribution in [0.3, 0.4) is 0 Å². The second-order valence-corrected chi connectivity index (χ2v) is 6.38. The average molecular weight is 240 g/mol. The third kappa shape index (κ3) is 3.45.